The first kappa shape index (κ1) is 19.8. The summed E-state index contributed by atoms with van der Waals surface area (Å²) >= 11 is 0. The number of anilines is 2. The maximum atomic E-state index is 12.4. The molecule has 0 fully saturated rings. The lowest BCUT2D eigenvalue weighted by atomic mass is 10.1. The lowest BCUT2D eigenvalue weighted by Crippen LogP contribution is -2.30. The fraction of sp³-hybridized carbons (Fsp3) is 0.316. The van der Waals surface area contributed by atoms with Crippen LogP contribution in [0.5, 0.6) is 5.75 Å². The molecule has 0 aliphatic rings. The zero-order valence-electron chi connectivity index (χ0n) is 15.4. The zero-order valence-corrected chi connectivity index (χ0v) is 16.2. The average Bonchev–Trinajstić information content (AvgIpc) is 2.56. The van der Waals surface area contributed by atoms with Crippen LogP contribution in [-0.2, 0) is 14.8 Å². The maximum Gasteiger partial charge on any atom is 0.233 e. The standard InChI is InChI=1S/C19H24N2O4S/c1-13-8-9-18(14(2)10-13)20-19(22)15(3)12-26(23,24)21-16-6-5-7-17(11-16)25-4/h5-11,15,21H,12H2,1-4H3,(H,20,22). The number of methoxy groups -OCH3 is 1. The molecule has 1 unspecified atom stereocenters. The van der Waals surface area contributed by atoms with Crippen LogP contribution in [0.3, 0.4) is 0 Å². The van der Waals surface area contributed by atoms with Gasteiger partial charge in [-0.1, -0.05) is 30.7 Å². The van der Waals surface area contributed by atoms with E-state index in [1.807, 2.05) is 32.0 Å². The van der Waals surface area contributed by atoms with Gasteiger partial charge in [-0.05, 0) is 37.6 Å². The molecule has 0 heterocycles. The van der Waals surface area contributed by atoms with Crippen molar-refractivity contribution in [2.75, 3.05) is 22.9 Å². The molecule has 2 N–H and O–H groups in total. The third-order valence-corrected chi connectivity index (χ3v) is 5.39. The van der Waals surface area contributed by atoms with Crippen molar-refractivity contribution < 1.29 is 17.9 Å². The molecule has 26 heavy (non-hydrogen) atoms. The van der Waals surface area contributed by atoms with Crippen molar-refractivity contribution in [3.05, 3.63) is 53.6 Å². The molecule has 140 valence electrons. The third kappa shape index (κ3) is 5.49. The Morgan fingerprint density at radius 1 is 1.15 bits per heavy atom. The fourth-order valence-electron chi connectivity index (χ4n) is 2.52. The molecule has 0 saturated carbocycles. The van der Waals surface area contributed by atoms with Gasteiger partial charge in [0.15, 0.2) is 0 Å². The Kier molecular flexibility index (Phi) is 6.26. The second kappa shape index (κ2) is 8.23. The lowest BCUT2D eigenvalue weighted by Gasteiger charge is -2.15. The number of aryl methyl sites for hydroxylation is 2. The summed E-state index contributed by atoms with van der Waals surface area (Å²) < 4.78 is 32.2. The number of rotatable bonds is 7. The van der Waals surface area contributed by atoms with Gasteiger partial charge >= 0.3 is 0 Å². The normalized spacial score (nSPS) is 12.3. The van der Waals surface area contributed by atoms with Crippen molar-refractivity contribution in [2.24, 2.45) is 5.92 Å². The number of carbonyl (C=O) groups excluding carboxylic acids is 1. The number of benzene rings is 2. The monoisotopic (exact) mass is 376 g/mol. The topological polar surface area (TPSA) is 84.5 Å². The summed E-state index contributed by atoms with van der Waals surface area (Å²) in [6, 6.07) is 12.3. The van der Waals surface area contributed by atoms with Gasteiger partial charge in [-0.15, -0.1) is 0 Å². The van der Waals surface area contributed by atoms with Crippen LogP contribution >= 0.6 is 0 Å². The number of hydrogen-bond acceptors (Lipinski definition) is 4. The minimum Gasteiger partial charge on any atom is -0.497 e. The summed E-state index contributed by atoms with van der Waals surface area (Å²) in [7, 11) is -2.17. The summed E-state index contributed by atoms with van der Waals surface area (Å²) in [4.78, 5) is 12.4. The maximum absolute atomic E-state index is 12.4. The Labute approximate surface area is 154 Å². The van der Waals surface area contributed by atoms with E-state index in [2.05, 4.69) is 10.0 Å². The molecule has 0 saturated heterocycles. The Bertz CT molecular complexity index is 894. The van der Waals surface area contributed by atoms with Crippen LogP contribution in [0, 0.1) is 19.8 Å². The van der Waals surface area contributed by atoms with Gasteiger partial charge in [0.05, 0.1) is 24.5 Å². The van der Waals surface area contributed by atoms with E-state index in [-0.39, 0.29) is 11.7 Å². The van der Waals surface area contributed by atoms with Crippen LogP contribution in [0.15, 0.2) is 42.5 Å². The van der Waals surface area contributed by atoms with E-state index in [4.69, 9.17) is 4.74 Å². The summed E-state index contributed by atoms with van der Waals surface area (Å²) in [5, 5.41) is 2.79. The Hall–Kier alpha value is -2.54. The first-order chi connectivity index (χ1) is 12.2. The summed E-state index contributed by atoms with van der Waals surface area (Å²) in [6.45, 7) is 5.45. The molecule has 7 heteroatoms. The highest BCUT2D eigenvalue weighted by Crippen LogP contribution is 2.20. The molecule has 2 aromatic carbocycles. The quantitative estimate of drug-likeness (QED) is 0.776. The molecule has 1 amide bonds. The first-order valence-electron chi connectivity index (χ1n) is 8.23. The molecule has 0 aliphatic heterocycles. The Balaban J connectivity index is 2.02. The first-order valence-corrected chi connectivity index (χ1v) is 9.88. The van der Waals surface area contributed by atoms with Crippen LogP contribution in [0.25, 0.3) is 0 Å². The minimum atomic E-state index is -3.68. The SMILES string of the molecule is COc1cccc(NS(=O)(=O)CC(C)C(=O)Nc2ccc(C)cc2C)c1. The van der Waals surface area contributed by atoms with E-state index in [9.17, 15) is 13.2 Å². The molecular formula is C19H24N2O4S. The minimum absolute atomic E-state index is 0.318. The van der Waals surface area contributed by atoms with Crippen molar-refractivity contribution in [1.29, 1.82) is 0 Å². The second-order valence-electron chi connectivity index (χ2n) is 6.32. The van der Waals surface area contributed by atoms with Gasteiger partial charge in [0, 0.05) is 11.8 Å². The number of amides is 1. The van der Waals surface area contributed by atoms with E-state index < -0.39 is 15.9 Å². The van der Waals surface area contributed by atoms with Gasteiger partial charge in [-0.2, -0.15) is 0 Å². The largest absolute Gasteiger partial charge is 0.497 e. The highest BCUT2D eigenvalue weighted by Gasteiger charge is 2.22. The summed E-state index contributed by atoms with van der Waals surface area (Å²) in [6.07, 6.45) is 0. The van der Waals surface area contributed by atoms with Crippen LogP contribution in [-0.4, -0.2) is 27.2 Å². The predicted molar refractivity (Wildman–Crippen MR) is 104 cm³/mol. The van der Waals surface area contributed by atoms with Crippen LogP contribution in [0.4, 0.5) is 11.4 Å². The van der Waals surface area contributed by atoms with Gasteiger partial charge < -0.3 is 10.1 Å². The predicted octanol–water partition coefficient (Wildman–Crippen LogP) is 3.33. The number of sulfonamides is 1. The Morgan fingerprint density at radius 2 is 1.88 bits per heavy atom. The smallest absolute Gasteiger partial charge is 0.233 e. The Morgan fingerprint density at radius 3 is 2.54 bits per heavy atom. The van der Waals surface area contributed by atoms with Gasteiger partial charge in [-0.3, -0.25) is 9.52 Å². The van der Waals surface area contributed by atoms with Crippen LogP contribution in [0.2, 0.25) is 0 Å². The van der Waals surface area contributed by atoms with Crippen molar-refractivity contribution in [2.45, 2.75) is 20.8 Å². The third-order valence-electron chi connectivity index (χ3n) is 3.90. The van der Waals surface area contributed by atoms with E-state index in [1.165, 1.54) is 7.11 Å². The average molecular weight is 376 g/mol. The molecule has 2 aromatic rings. The van der Waals surface area contributed by atoms with E-state index in [0.717, 1.165) is 11.1 Å². The molecule has 2 rings (SSSR count). The van der Waals surface area contributed by atoms with E-state index >= 15 is 0 Å². The molecular weight excluding hydrogens is 352 g/mol. The zero-order chi connectivity index (χ0) is 19.3. The lowest BCUT2D eigenvalue weighted by molar-refractivity contribution is -0.118. The van der Waals surface area contributed by atoms with Gasteiger partial charge in [-0.25, -0.2) is 8.42 Å². The van der Waals surface area contributed by atoms with Crippen molar-refractivity contribution in [3.8, 4) is 5.75 Å². The van der Waals surface area contributed by atoms with Gasteiger partial charge in [0.1, 0.15) is 5.75 Å². The number of hydrogen-bond donors (Lipinski definition) is 2. The van der Waals surface area contributed by atoms with Crippen molar-refractivity contribution in [3.63, 3.8) is 0 Å². The summed E-state index contributed by atoms with van der Waals surface area (Å²) in [5.74, 6) is -0.821. The number of ether oxygens (including phenoxy) is 1. The van der Waals surface area contributed by atoms with Gasteiger partial charge in [0.2, 0.25) is 15.9 Å². The molecule has 0 radical (unpaired) electrons. The molecule has 1 atom stereocenters. The molecule has 6 nitrogen and oxygen atoms in total. The molecule has 0 aromatic heterocycles. The molecule has 0 aliphatic carbocycles. The number of carbonyl (C=O) groups is 1. The fourth-order valence-corrected chi connectivity index (χ4v) is 3.90. The molecule has 0 bridgehead atoms. The van der Waals surface area contributed by atoms with Crippen LogP contribution in [0.1, 0.15) is 18.1 Å². The van der Waals surface area contributed by atoms with Crippen LogP contribution < -0.4 is 14.8 Å². The van der Waals surface area contributed by atoms with E-state index in [0.29, 0.717) is 17.1 Å². The van der Waals surface area contributed by atoms with Gasteiger partial charge in [0.25, 0.3) is 0 Å². The van der Waals surface area contributed by atoms with Crippen molar-refractivity contribution in [1.82, 2.24) is 0 Å². The van der Waals surface area contributed by atoms with Crippen molar-refractivity contribution >= 4 is 27.3 Å². The van der Waals surface area contributed by atoms with E-state index in [1.54, 1.807) is 31.2 Å². The second-order valence-corrected chi connectivity index (χ2v) is 8.09. The molecule has 0 spiro atoms. The summed E-state index contributed by atoms with van der Waals surface area (Å²) in [5.41, 5.74) is 3.11. The highest BCUT2D eigenvalue weighted by molar-refractivity contribution is 7.92. The number of nitrogens with one attached hydrogen (secondary N) is 2. The highest BCUT2D eigenvalue weighted by atomic mass is 32.2.